The number of hydrogen-bond acceptors (Lipinski definition) is 5. The molecule has 2 heterocycles. The highest BCUT2D eigenvalue weighted by Crippen LogP contribution is 2.20. The lowest BCUT2D eigenvalue weighted by Crippen LogP contribution is -2.44. The number of rotatable bonds is 4. The molecule has 5 nitrogen and oxygen atoms in total. The van der Waals surface area contributed by atoms with E-state index in [9.17, 15) is 4.79 Å². The van der Waals surface area contributed by atoms with Gasteiger partial charge in [0.25, 0.3) is 0 Å². The summed E-state index contributed by atoms with van der Waals surface area (Å²) in [5, 5.41) is 2.96. The van der Waals surface area contributed by atoms with E-state index in [1.165, 1.54) is 17.0 Å². The van der Waals surface area contributed by atoms with E-state index in [0.717, 1.165) is 42.4 Å². The van der Waals surface area contributed by atoms with E-state index in [4.69, 9.17) is 0 Å². The molecule has 1 aliphatic heterocycles. The monoisotopic (exact) mass is 330 g/mol. The number of aromatic nitrogens is 1. The smallest absolute Gasteiger partial charge is 0.229 e. The molecular weight excluding hydrogens is 308 g/mol. The van der Waals surface area contributed by atoms with Gasteiger partial charge in [0.15, 0.2) is 0 Å². The first-order valence-corrected chi connectivity index (χ1v) is 8.72. The van der Waals surface area contributed by atoms with Gasteiger partial charge in [-0.15, -0.1) is 11.3 Å². The zero-order valence-corrected chi connectivity index (χ0v) is 14.4. The lowest BCUT2D eigenvalue weighted by atomic mass is 10.2. The molecule has 2 aromatic rings. The third-order valence-electron chi connectivity index (χ3n) is 4.19. The van der Waals surface area contributed by atoms with Crippen LogP contribution >= 0.6 is 11.3 Å². The second-order valence-corrected chi connectivity index (χ2v) is 6.86. The molecule has 1 fully saturated rings. The molecule has 0 atom stereocenters. The molecular formula is C17H22N4OS. The summed E-state index contributed by atoms with van der Waals surface area (Å²) < 4.78 is 0. The van der Waals surface area contributed by atoms with E-state index in [1.54, 1.807) is 5.51 Å². The highest BCUT2D eigenvalue weighted by molar-refractivity contribution is 7.09. The molecule has 1 aromatic heterocycles. The number of aryl methyl sites for hydroxylation is 1. The predicted molar refractivity (Wildman–Crippen MR) is 95.3 cm³/mol. The Morgan fingerprint density at radius 2 is 1.91 bits per heavy atom. The second-order valence-electron chi connectivity index (χ2n) is 5.92. The molecule has 1 N–H and O–H groups in total. The summed E-state index contributed by atoms with van der Waals surface area (Å²) in [6.45, 7) is 6.21. The lowest BCUT2D eigenvalue weighted by Gasteiger charge is -2.34. The minimum Gasteiger partial charge on any atom is -0.369 e. The van der Waals surface area contributed by atoms with Crippen LogP contribution in [0.5, 0.6) is 0 Å². The average Bonchev–Trinajstić information content (AvgIpc) is 2.94. The van der Waals surface area contributed by atoms with Gasteiger partial charge in [-0.05, 0) is 38.2 Å². The molecule has 122 valence electrons. The standard InChI is InChI=1S/C17H22N4OS/c1-13-16(23-12-18-13)11-17(22)19-14-3-5-15(6-4-14)21-9-7-20(2)8-10-21/h3-6,12H,7-11H2,1-2H3,(H,19,22). The van der Waals surface area contributed by atoms with Gasteiger partial charge in [-0.2, -0.15) is 0 Å². The Hall–Kier alpha value is -1.92. The zero-order chi connectivity index (χ0) is 16.2. The number of amides is 1. The molecule has 0 radical (unpaired) electrons. The summed E-state index contributed by atoms with van der Waals surface area (Å²) in [6, 6.07) is 8.12. The maximum Gasteiger partial charge on any atom is 0.229 e. The van der Waals surface area contributed by atoms with Gasteiger partial charge in [0.1, 0.15) is 0 Å². The molecule has 1 aliphatic rings. The van der Waals surface area contributed by atoms with Crippen molar-refractivity contribution in [1.82, 2.24) is 9.88 Å². The number of likely N-dealkylation sites (N-methyl/N-ethyl adjacent to an activating group) is 1. The number of anilines is 2. The summed E-state index contributed by atoms with van der Waals surface area (Å²) in [6.07, 6.45) is 0.386. The number of piperazine rings is 1. The molecule has 0 bridgehead atoms. The van der Waals surface area contributed by atoms with E-state index in [2.05, 4.69) is 39.3 Å². The number of hydrogen-bond donors (Lipinski definition) is 1. The molecule has 0 aliphatic carbocycles. The first kappa shape index (κ1) is 16.0. The van der Waals surface area contributed by atoms with E-state index in [0.29, 0.717) is 6.42 Å². The largest absolute Gasteiger partial charge is 0.369 e. The van der Waals surface area contributed by atoms with Crippen LogP contribution in [-0.4, -0.2) is 49.0 Å². The third-order valence-corrected chi connectivity index (χ3v) is 5.12. The van der Waals surface area contributed by atoms with Gasteiger partial charge in [0.2, 0.25) is 5.91 Å². The first-order chi connectivity index (χ1) is 11.1. The number of carbonyl (C=O) groups excluding carboxylic acids is 1. The van der Waals surface area contributed by atoms with Gasteiger partial charge in [0.05, 0.1) is 17.6 Å². The zero-order valence-electron chi connectivity index (χ0n) is 13.6. The average molecular weight is 330 g/mol. The summed E-state index contributed by atoms with van der Waals surface area (Å²) in [5.41, 5.74) is 4.78. The van der Waals surface area contributed by atoms with Crippen LogP contribution in [0, 0.1) is 6.92 Å². The van der Waals surface area contributed by atoms with Crippen molar-refractivity contribution in [3.63, 3.8) is 0 Å². The molecule has 1 aromatic carbocycles. The van der Waals surface area contributed by atoms with Crippen molar-refractivity contribution in [2.75, 3.05) is 43.4 Å². The summed E-state index contributed by atoms with van der Waals surface area (Å²) in [4.78, 5) is 22.0. The van der Waals surface area contributed by atoms with Gasteiger partial charge in [-0.25, -0.2) is 4.98 Å². The van der Waals surface area contributed by atoms with Crippen molar-refractivity contribution in [3.05, 3.63) is 40.3 Å². The number of carbonyl (C=O) groups is 1. The Bertz CT molecular complexity index is 659. The number of nitrogens with zero attached hydrogens (tertiary/aromatic N) is 3. The van der Waals surface area contributed by atoms with Gasteiger partial charge in [-0.3, -0.25) is 4.79 Å². The highest BCUT2D eigenvalue weighted by Gasteiger charge is 2.14. The predicted octanol–water partition coefficient (Wildman–Crippen LogP) is 2.38. The lowest BCUT2D eigenvalue weighted by molar-refractivity contribution is -0.115. The van der Waals surface area contributed by atoms with E-state index >= 15 is 0 Å². The highest BCUT2D eigenvalue weighted by atomic mass is 32.1. The van der Waals surface area contributed by atoms with Crippen LogP contribution in [0.25, 0.3) is 0 Å². The molecule has 6 heteroatoms. The Labute approximate surface area is 140 Å². The summed E-state index contributed by atoms with van der Waals surface area (Å²) >= 11 is 1.53. The van der Waals surface area contributed by atoms with Crippen molar-refractivity contribution < 1.29 is 4.79 Å². The molecule has 0 unspecified atom stereocenters. The topological polar surface area (TPSA) is 48.5 Å². The van der Waals surface area contributed by atoms with Crippen molar-refractivity contribution >= 4 is 28.6 Å². The van der Waals surface area contributed by atoms with Crippen LogP contribution in [0.4, 0.5) is 11.4 Å². The molecule has 0 spiro atoms. The minimum absolute atomic E-state index is 0.00435. The Balaban J connectivity index is 1.57. The van der Waals surface area contributed by atoms with Crippen LogP contribution in [0.15, 0.2) is 29.8 Å². The van der Waals surface area contributed by atoms with Crippen molar-refractivity contribution in [2.24, 2.45) is 0 Å². The second kappa shape index (κ2) is 7.10. The van der Waals surface area contributed by atoms with Crippen LogP contribution in [-0.2, 0) is 11.2 Å². The maximum atomic E-state index is 12.1. The SMILES string of the molecule is Cc1ncsc1CC(=O)Nc1ccc(N2CCN(C)CC2)cc1. The Morgan fingerprint density at radius 3 is 2.52 bits per heavy atom. The van der Waals surface area contributed by atoms with Crippen LogP contribution in [0.2, 0.25) is 0 Å². The van der Waals surface area contributed by atoms with E-state index in [1.807, 2.05) is 19.1 Å². The number of thiazole rings is 1. The molecule has 23 heavy (non-hydrogen) atoms. The molecule has 1 amide bonds. The van der Waals surface area contributed by atoms with Crippen LogP contribution in [0.3, 0.4) is 0 Å². The van der Waals surface area contributed by atoms with Crippen molar-refractivity contribution in [2.45, 2.75) is 13.3 Å². The minimum atomic E-state index is 0.00435. The summed E-state index contributed by atoms with van der Waals surface area (Å²) in [7, 11) is 2.15. The van der Waals surface area contributed by atoms with Gasteiger partial charge >= 0.3 is 0 Å². The fraction of sp³-hybridized carbons (Fsp3) is 0.412. The van der Waals surface area contributed by atoms with Crippen molar-refractivity contribution in [3.8, 4) is 0 Å². The fourth-order valence-electron chi connectivity index (χ4n) is 2.67. The normalized spacial score (nSPS) is 15.7. The van der Waals surface area contributed by atoms with E-state index < -0.39 is 0 Å². The summed E-state index contributed by atoms with van der Waals surface area (Å²) in [5.74, 6) is 0.00435. The van der Waals surface area contributed by atoms with Gasteiger partial charge in [-0.1, -0.05) is 0 Å². The Kier molecular flexibility index (Phi) is 4.93. The fourth-order valence-corrected chi connectivity index (χ4v) is 3.44. The van der Waals surface area contributed by atoms with Crippen LogP contribution in [0.1, 0.15) is 10.6 Å². The Morgan fingerprint density at radius 1 is 1.22 bits per heavy atom. The molecule has 3 rings (SSSR count). The van der Waals surface area contributed by atoms with Gasteiger partial charge < -0.3 is 15.1 Å². The van der Waals surface area contributed by atoms with Crippen LogP contribution < -0.4 is 10.2 Å². The van der Waals surface area contributed by atoms with Crippen molar-refractivity contribution in [1.29, 1.82) is 0 Å². The first-order valence-electron chi connectivity index (χ1n) is 7.84. The molecule has 0 saturated carbocycles. The maximum absolute atomic E-state index is 12.1. The number of benzene rings is 1. The molecule has 1 saturated heterocycles. The third kappa shape index (κ3) is 4.09. The van der Waals surface area contributed by atoms with Gasteiger partial charge in [0, 0.05) is 42.4 Å². The number of nitrogens with one attached hydrogen (secondary N) is 1. The quantitative estimate of drug-likeness (QED) is 0.935. The van der Waals surface area contributed by atoms with E-state index in [-0.39, 0.29) is 5.91 Å².